The zero-order chi connectivity index (χ0) is 19.3. The third-order valence-electron chi connectivity index (χ3n) is 4.25. The molecular weight excluding hydrogens is 374 g/mol. The molecule has 0 fully saturated rings. The number of nitrogen functional groups attached to an aromatic ring is 1. The fourth-order valence-corrected chi connectivity index (χ4v) is 3.26. The van der Waals surface area contributed by atoms with E-state index in [0.29, 0.717) is 22.8 Å². The van der Waals surface area contributed by atoms with E-state index in [9.17, 15) is 14.4 Å². The summed E-state index contributed by atoms with van der Waals surface area (Å²) in [7, 11) is 0. The number of aliphatic hydroxyl groups is 1. The number of nitrogens with one attached hydrogen (secondary N) is 1. The third-order valence-corrected chi connectivity index (χ3v) is 4.56. The summed E-state index contributed by atoms with van der Waals surface area (Å²) < 4.78 is 6.57. The third kappa shape index (κ3) is 2.62. The largest absolute Gasteiger partial charge is 0.459 e. The maximum atomic E-state index is 12.5. The predicted molar refractivity (Wildman–Crippen MR) is 96.9 cm³/mol. The van der Waals surface area contributed by atoms with Crippen molar-refractivity contribution in [1.82, 2.24) is 9.88 Å². The Kier molecular flexibility index (Phi) is 3.87. The van der Waals surface area contributed by atoms with Crippen LogP contribution in [0.3, 0.4) is 0 Å². The summed E-state index contributed by atoms with van der Waals surface area (Å²) in [5.74, 6) is -0.618. The first-order chi connectivity index (χ1) is 12.9. The van der Waals surface area contributed by atoms with E-state index in [1.807, 2.05) is 0 Å². The van der Waals surface area contributed by atoms with E-state index in [-0.39, 0.29) is 28.6 Å². The number of amides is 2. The second kappa shape index (κ2) is 6.11. The van der Waals surface area contributed by atoms with Gasteiger partial charge in [-0.15, -0.1) is 0 Å². The number of nitrogens with zero attached hydrogens (tertiary/aromatic N) is 1. The van der Waals surface area contributed by atoms with E-state index in [1.54, 1.807) is 24.3 Å². The van der Waals surface area contributed by atoms with Gasteiger partial charge in [0, 0.05) is 11.6 Å². The Morgan fingerprint density at radius 3 is 2.52 bits per heavy atom. The summed E-state index contributed by atoms with van der Waals surface area (Å²) >= 11 is 6.33. The van der Waals surface area contributed by atoms with Crippen LogP contribution in [0.5, 0.6) is 0 Å². The number of anilines is 1. The molecule has 0 bridgehead atoms. The molecule has 8 nitrogen and oxygen atoms in total. The van der Waals surface area contributed by atoms with Crippen molar-refractivity contribution in [2.45, 2.75) is 6.61 Å². The molecule has 0 radical (unpaired) electrons. The number of furan rings is 1. The summed E-state index contributed by atoms with van der Waals surface area (Å²) in [5.41, 5.74) is 6.23. The lowest BCUT2D eigenvalue weighted by atomic mass is 10.1. The summed E-state index contributed by atoms with van der Waals surface area (Å²) in [5, 5.41) is 11.5. The number of carbonyl (C=O) groups is 2. The SMILES string of the molecule is Nc1c2c(cc(=O)n1-c1ccc(-c3ccc(CO)o3)c(Cl)c1)C(=O)NC2=O. The van der Waals surface area contributed by atoms with Crippen LogP contribution in [0, 0.1) is 0 Å². The van der Waals surface area contributed by atoms with E-state index in [2.05, 4.69) is 5.32 Å². The van der Waals surface area contributed by atoms with Gasteiger partial charge >= 0.3 is 0 Å². The van der Waals surface area contributed by atoms with Gasteiger partial charge in [0.05, 0.1) is 21.8 Å². The molecule has 4 N–H and O–H groups in total. The van der Waals surface area contributed by atoms with Gasteiger partial charge in [0.15, 0.2) is 0 Å². The molecule has 2 aromatic heterocycles. The number of pyridine rings is 1. The lowest BCUT2D eigenvalue weighted by Crippen LogP contribution is -2.24. The van der Waals surface area contributed by atoms with E-state index in [0.717, 1.165) is 10.6 Å². The summed E-state index contributed by atoms with van der Waals surface area (Å²) in [6, 6.07) is 9.06. The Morgan fingerprint density at radius 1 is 1.07 bits per heavy atom. The highest BCUT2D eigenvalue weighted by Gasteiger charge is 2.31. The van der Waals surface area contributed by atoms with Gasteiger partial charge in [0.25, 0.3) is 17.4 Å². The lowest BCUT2D eigenvalue weighted by molar-refractivity contribution is 0.0880. The van der Waals surface area contributed by atoms with E-state index in [4.69, 9.17) is 26.9 Å². The molecular formula is C18H12ClN3O5. The van der Waals surface area contributed by atoms with Crippen molar-refractivity contribution in [3.05, 3.63) is 68.7 Å². The number of benzene rings is 1. The molecule has 2 amide bonds. The number of halogens is 1. The van der Waals surface area contributed by atoms with Gasteiger partial charge in [-0.1, -0.05) is 11.6 Å². The lowest BCUT2D eigenvalue weighted by Gasteiger charge is -2.13. The molecule has 1 aliphatic rings. The highest BCUT2D eigenvalue weighted by molar-refractivity contribution is 6.33. The van der Waals surface area contributed by atoms with Gasteiger partial charge in [0.2, 0.25) is 0 Å². The molecule has 0 aliphatic carbocycles. The quantitative estimate of drug-likeness (QED) is 0.589. The van der Waals surface area contributed by atoms with Crippen LogP contribution >= 0.6 is 11.6 Å². The molecule has 4 rings (SSSR count). The smallest absolute Gasteiger partial charge is 0.262 e. The average molecular weight is 386 g/mol. The second-order valence-electron chi connectivity index (χ2n) is 5.86. The van der Waals surface area contributed by atoms with E-state index >= 15 is 0 Å². The van der Waals surface area contributed by atoms with Crippen LogP contribution in [0.15, 0.2) is 45.6 Å². The standard InChI is InChI=1S/C18H12ClN3O5/c19-12-5-8(1-3-10(12)13-4-2-9(7-23)27-13)22-14(24)6-11-15(16(22)20)18(26)21-17(11)25/h1-6,23H,7,20H2,(H,21,25,26). The van der Waals surface area contributed by atoms with Crippen molar-refractivity contribution in [2.75, 3.05) is 5.73 Å². The molecule has 0 spiro atoms. The highest BCUT2D eigenvalue weighted by Crippen LogP contribution is 2.32. The average Bonchev–Trinajstić information content (AvgIpc) is 3.20. The Hall–Kier alpha value is -3.36. The number of carbonyl (C=O) groups excluding carboxylic acids is 2. The van der Waals surface area contributed by atoms with Crippen molar-refractivity contribution >= 4 is 29.2 Å². The monoisotopic (exact) mass is 385 g/mol. The van der Waals surface area contributed by atoms with E-state index in [1.165, 1.54) is 6.07 Å². The number of hydrogen-bond acceptors (Lipinski definition) is 6. The molecule has 1 aliphatic heterocycles. The van der Waals surface area contributed by atoms with Crippen molar-refractivity contribution in [3.63, 3.8) is 0 Å². The number of rotatable bonds is 3. The first kappa shape index (κ1) is 17.1. The normalized spacial score (nSPS) is 13.0. The molecule has 9 heteroatoms. The van der Waals surface area contributed by atoms with Crippen molar-refractivity contribution < 1.29 is 19.1 Å². The van der Waals surface area contributed by atoms with Crippen LogP contribution in [0.4, 0.5) is 5.82 Å². The van der Waals surface area contributed by atoms with Gasteiger partial charge in [-0.05, 0) is 30.3 Å². The summed E-state index contributed by atoms with van der Waals surface area (Å²) in [4.78, 5) is 36.1. The van der Waals surface area contributed by atoms with Crippen LogP contribution in [-0.2, 0) is 6.61 Å². The summed E-state index contributed by atoms with van der Waals surface area (Å²) in [6.07, 6.45) is 0. The van der Waals surface area contributed by atoms with Gasteiger partial charge in [-0.3, -0.25) is 24.3 Å². The number of aromatic nitrogens is 1. The zero-order valence-corrected chi connectivity index (χ0v) is 14.4. The molecule has 0 atom stereocenters. The minimum Gasteiger partial charge on any atom is -0.459 e. The van der Waals surface area contributed by atoms with Crippen LogP contribution < -0.4 is 16.6 Å². The topological polar surface area (TPSA) is 128 Å². The fourth-order valence-electron chi connectivity index (χ4n) is 3.00. The van der Waals surface area contributed by atoms with E-state index < -0.39 is 17.4 Å². The summed E-state index contributed by atoms with van der Waals surface area (Å²) in [6.45, 7) is -0.239. The van der Waals surface area contributed by atoms with Crippen LogP contribution in [-0.4, -0.2) is 21.5 Å². The zero-order valence-electron chi connectivity index (χ0n) is 13.7. The Labute approximate surface area is 156 Å². The highest BCUT2D eigenvalue weighted by atomic mass is 35.5. The molecule has 0 saturated heterocycles. The Bertz CT molecular complexity index is 1180. The molecule has 0 saturated carbocycles. The molecule has 3 aromatic rings. The number of imide groups is 1. The van der Waals surface area contributed by atoms with Gasteiger partial charge in [0.1, 0.15) is 23.9 Å². The minimum atomic E-state index is -0.656. The number of hydrogen-bond donors (Lipinski definition) is 3. The van der Waals surface area contributed by atoms with Crippen LogP contribution in [0.1, 0.15) is 26.5 Å². The van der Waals surface area contributed by atoms with Crippen LogP contribution in [0.25, 0.3) is 17.0 Å². The minimum absolute atomic E-state index is 0.0431. The maximum Gasteiger partial charge on any atom is 0.262 e. The Balaban J connectivity index is 1.85. The molecule has 0 unspecified atom stereocenters. The van der Waals surface area contributed by atoms with Gasteiger partial charge < -0.3 is 15.3 Å². The maximum absolute atomic E-state index is 12.5. The number of fused-ring (bicyclic) bond motifs is 1. The molecule has 136 valence electrons. The predicted octanol–water partition coefficient (Wildman–Crippen LogP) is 1.71. The number of nitrogens with two attached hydrogens (primary N) is 1. The second-order valence-corrected chi connectivity index (χ2v) is 6.27. The van der Waals surface area contributed by atoms with Crippen molar-refractivity contribution in [2.24, 2.45) is 0 Å². The molecule has 1 aromatic carbocycles. The first-order valence-corrected chi connectivity index (χ1v) is 8.19. The van der Waals surface area contributed by atoms with Gasteiger partial charge in [-0.2, -0.15) is 0 Å². The van der Waals surface area contributed by atoms with Gasteiger partial charge in [-0.25, -0.2) is 0 Å². The van der Waals surface area contributed by atoms with Crippen molar-refractivity contribution in [3.8, 4) is 17.0 Å². The molecule has 27 heavy (non-hydrogen) atoms. The number of aliphatic hydroxyl groups excluding tert-OH is 1. The fraction of sp³-hybridized carbons (Fsp3) is 0.0556. The van der Waals surface area contributed by atoms with Crippen molar-refractivity contribution in [1.29, 1.82) is 0 Å². The first-order valence-electron chi connectivity index (χ1n) is 7.81. The Morgan fingerprint density at radius 2 is 1.85 bits per heavy atom. The molecule has 3 heterocycles. The van der Waals surface area contributed by atoms with Crippen LogP contribution in [0.2, 0.25) is 5.02 Å².